The Hall–Kier alpha value is -1.35. The van der Waals surface area contributed by atoms with Crippen LogP contribution in [0.4, 0.5) is 15.8 Å². The van der Waals surface area contributed by atoms with E-state index in [1.165, 1.54) is 0 Å². The number of thioether (sulfide) groups is 1. The van der Waals surface area contributed by atoms with Gasteiger partial charge in [0.1, 0.15) is 11.5 Å². The van der Waals surface area contributed by atoms with E-state index in [9.17, 15) is 19.3 Å². The van der Waals surface area contributed by atoms with Crippen LogP contribution in [0, 0.1) is 15.9 Å². The number of hydrogen-bond donors (Lipinski definition) is 1. The number of carbonyl (C=O) groups is 1. The highest BCUT2D eigenvalue weighted by Crippen LogP contribution is 2.36. The van der Waals surface area contributed by atoms with Gasteiger partial charge in [-0.1, -0.05) is 0 Å². The van der Waals surface area contributed by atoms with Gasteiger partial charge in [0.15, 0.2) is 0 Å². The molecule has 1 aromatic carbocycles. The summed E-state index contributed by atoms with van der Waals surface area (Å²) >= 11 is 4.52. The largest absolute Gasteiger partial charge is 0.481 e. The lowest BCUT2D eigenvalue weighted by molar-refractivity contribution is -0.384. The minimum atomic E-state index is -0.979. The number of nitro benzene ring substituents is 1. The van der Waals surface area contributed by atoms with Crippen LogP contribution in [0.1, 0.15) is 6.42 Å². The van der Waals surface area contributed by atoms with Gasteiger partial charge in [-0.25, -0.2) is 4.39 Å². The summed E-state index contributed by atoms with van der Waals surface area (Å²) in [6.45, 7) is 0.449. The second-order valence-electron chi connectivity index (χ2n) is 4.53. The molecular formula is C12H12BrFN2O4S. The lowest BCUT2D eigenvalue weighted by atomic mass is 10.1. The van der Waals surface area contributed by atoms with Crippen molar-refractivity contribution in [3.05, 3.63) is 32.5 Å². The highest BCUT2D eigenvalue weighted by Gasteiger charge is 2.31. The number of carboxylic acid groups (broad SMARTS) is 1. The Labute approximate surface area is 132 Å². The van der Waals surface area contributed by atoms with Crippen molar-refractivity contribution in [1.29, 1.82) is 0 Å². The van der Waals surface area contributed by atoms with Gasteiger partial charge in [0.05, 0.1) is 15.8 Å². The van der Waals surface area contributed by atoms with Crippen LogP contribution < -0.4 is 4.90 Å². The molecule has 9 heteroatoms. The Balaban J connectivity index is 2.44. The molecule has 1 aromatic rings. The fraction of sp³-hybridized carbons (Fsp3) is 0.417. The number of nitrogens with zero attached hydrogens (tertiary/aromatic N) is 2. The first-order valence-electron chi connectivity index (χ1n) is 6.09. The van der Waals surface area contributed by atoms with Crippen LogP contribution in [0.5, 0.6) is 0 Å². The van der Waals surface area contributed by atoms with Crippen LogP contribution in [-0.4, -0.2) is 40.1 Å². The Morgan fingerprint density at radius 1 is 1.62 bits per heavy atom. The van der Waals surface area contributed by atoms with Gasteiger partial charge in [0, 0.05) is 36.2 Å². The molecule has 0 saturated carbocycles. The predicted octanol–water partition coefficient (Wildman–Crippen LogP) is 2.89. The van der Waals surface area contributed by atoms with Crippen LogP contribution in [0.25, 0.3) is 0 Å². The number of anilines is 1. The number of carboxylic acids is 1. The Morgan fingerprint density at radius 2 is 2.33 bits per heavy atom. The Bertz CT molecular complexity index is 587. The van der Waals surface area contributed by atoms with Gasteiger partial charge in [0.25, 0.3) is 5.69 Å². The Morgan fingerprint density at radius 3 is 2.95 bits per heavy atom. The normalized spacial score (nSPS) is 18.6. The Kier molecular flexibility index (Phi) is 5.04. The van der Waals surface area contributed by atoms with E-state index in [1.54, 1.807) is 16.7 Å². The van der Waals surface area contributed by atoms with E-state index < -0.39 is 16.7 Å². The molecule has 1 unspecified atom stereocenters. The summed E-state index contributed by atoms with van der Waals surface area (Å²) in [5.41, 5.74) is -0.0992. The van der Waals surface area contributed by atoms with Gasteiger partial charge in [-0.05, 0) is 15.9 Å². The molecule has 0 bridgehead atoms. The fourth-order valence-corrected chi connectivity index (χ4v) is 3.64. The second kappa shape index (κ2) is 6.61. The molecule has 1 heterocycles. The van der Waals surface area contributed by atoms with Crippen LogP contribution >= 0.6 is 27.7 Å². The molecule has 1 atom stereocenters. The van der Waals surface area contributed by atoms with Crippen molar-refractivity contribution in [1.82, 2.24) is 0 Å². The number of halogens is 2. The van der Waals surface area contributed by atoms with Crippen molar-refractivity contribution < 1.29 is 19.2 Å². The van der Waals surface area contributed by atoms with Gasteiger partial charge in [-0.3, -0.25) is 14.9 Å². The summed E-state index contributed by atoms with van der Waals surface area (Å²) in [5.74, 6) is -0.331. The first-order valence-corrected chi connectivity index (χ1v) is 8.04. The SMILES string of the molecule is O=C(O)CC1CSCCN1c1cc(F)c(Br)cc1[N+](=O)[O-]. The van der Waals surface area contributed by atoms with Gasteiger partial charge in [0.2, 0.25) is 0 Å². The zero-order valence-corrected chi connectivity index (χ0v) is 13.2. The average Bonchev–Trinajstić information content (AvgIpc) is 2.41. The number of benzene rings is 1. The molecule has 21 heavy (non-hydrogen) atoms. The molecule has 1 N–H and O–H groups in total. The van der Waals surface area contributed by atoms with Crippen molar-refractivity contribution in [2.24, 2.45) is 0 Å². The van der Waals surface area contributed by atoms with Crippen LogP contribution in [0.2, 0.25) is 0 Å². The smallest absolute Gasteiger partial charge is 0.305 e. The van der Waals surface area contributed by atoms with Crippen LogP contribution in [0.3, 0.4) is 0 Å². The standard InChI is InChI=1S/C12H12BrFN2O4S/c13-8-4-11(16(19)20)10(5-9(8)14)15-1-2-21-6-7(15)3-12(17)18/h4-5,7H,1-3,6H2,(H,17,18). The molecule has 6 nitrogen and oxygen atoms in total. The maximum Gasteiger partial charge on any atom is 0.305 e. The van der Waals surface area contributed by atoms with Gasteiger partial charge >= 0.3 is 5.97 Å². The minimum Gasteiger partial charge on any atom is -0.481 e. The summed E-state index contributed by atoms with van der Waals surface area (Å²) in [4.78, 5) is 23.1. The first-order chi connectivity index (χ1) is 9.90. The molecule has 2 rings (SSSR count). The minimum absolute atomic E-state index is 0.0131. The number of hydrogen-bond acceptors (Lipinski definition) is 5. The molecule has 0 aromatic heterocycles. The second-order valence-corrected chi connectivity index (χ2v) is 6.54. The van der Waals surface area contributed by atoms with Crippen molar-refractivity contribution in [3.63, 3.8) is 0 Å². The third-order valence-electron chi connectivity index (χ3n) is 3.16. The topological polar surface area (TPSA) is 83.7 Å². The quantitative estimate of drug-likeness (QED) is 0.640. The number of rotatable bonds is 4. The van der Waals surface area contributed by atoms with Crippen LogP contribution in [0.15, 0.2) is 16.6 Å². The molecule has 114 valence electrons. The van der Waals surface area contributed by atoms with Crippen LogP contribution in [-0.2, 0) is 4.79 Å². The monoisotopic (exact) mass is 378 g/mol. The summed E-state index contributed by atoms with van der Waals surface area (Å²) < 4.78 is 13.8. The average molecular weight is 379 g/mol. The van der Waals surface area contributed by atoms with Crippen molar-refractivity contribution in [3.8, 4) is 0 Å². The van der Waals surface area contributed by atoms with E-state index in [0.717, 1.165) is 12.1 Å². The van der Waals surface area contributed by atoms with E-state index in [2.05, 4.69) is 15.9 Å². The number of aliphatic carboxylic acids is 1. The third-order valence-corrected chi connectivity index (χ3v) is 4.86. The van der Waals surface area contributed by atoms with E-state index in [1.807, 2.05) is 0 Å². The van der Waals surface area contributed by atoms with E-state index in [4.69, 9.17) is 5.11 Å². The van der Waals surface area contributed by atoms with E-state index in [-0.39, 0.29) is 28.3 Å². The third kappa shape index (κ3) is 3.65. The summed E-state index contributed by atoms with van der Waals surface area (Å²) in [5, 5.41) is 20.1. The predicted molar refractivity (Wildman–Crippen MR) is 81.5 cm³/mol. The summed E-state index contributed by atoms with van der Waals surface area (Å²) in [6.07, 6.45) is -0.137. The van der Waals surface area contributed by atoms with Gasteiger partial charge < -0.3 is 10.0 Å². The molecule has 0 radical (unpaired) electrons. The van der Waals surface area contributed by atoms with Gasteiger partial charge in [-0.2, -0.15) is 11.8 Å². The number of nitro groups is 1. The van der Waals surface area contributed by atoms with E-state index in [0.29, 0.717) is 18.1 Å². The highest BCUT2D eigenvalue weighted by molar-refractivity contribution is 9.10. The lowest BCUT2D eigenvalue weighted by Crippen LogP contribution is -2.44. The van der Waals surface area contributed by atoms with E-state index >= 15 is 0 Å². The zero-order valence-electron chi connectivity index (χ0n) is 10.8. The molecule has 1 fully saturated rings. The molecule has 1 aliphatic rings. The molecular weight excluding hydrogens is 367 g/mol. The zero-order chi connectivity index (χ0) is 15.6. The molecule has 0 amide bonds. The van der Waals surface area contributed by atoms with Crippen molar-refractivity contribution in [2.45, 2.75) is 12.5 Å². The molecule has 1 saturated heterocycles. The maximum atomic E-state index is 13.7. The lowest BCUT2D eigenvalue weighted by Gasteiger charge is -2.36. The van der Waals surface area contributed by atoms with Crippen molar-refractivity contribution >= 4 is 45.0 Å². The first kappa shape index (κ1) is 16.0. The molecule has 0 aliphatic carbocycles. The summed E-state index contributed by atoms with van der Waals surface area (Å²) in [6, 6.07) is 1.82. The molecule has 0 spiro atoms. The highest BCUT2D eigenvalue weighted by atomic mass is 79.9. The fourth-order valence-electron chi connectivity index (χ4n) is 2.24. The summed E-state index contributed by atoms with van der Waals surface area (Å²) in [7, 11) is 0. The van der Waals surface area contributed by atoms with Gasteiger partial charge in [-0.15, -0.1) is 0 Å². The maximum absolute atomic E-state index is 13.7. The molecule has 1 aliphatic heterocycles. The van der Waals surface area contributed by atoms with Crippen molar-refractivity contribution in [2.75, 3.05) is 23.0 Å².